The Labute approximate surface area is 99.5 Å². The summed E-state index contributed by atoms with van der Waals surface area (Å²) in [4.78, 5) is 2.57. The van der Waals surface area contributed by atoms with Crippen LogP contribution in [-0.2, 0) is 0 Å². The van der Waals surface area contributed by atoms with E-state index in [0.29, 0.717) is 0 Å². The van der Waals surface area contributed by atoms with Gasteiger partial charge in [-0.15, -0.1) is 0 Å². The third-order valence-electron chi connectivity index (χ3n) is 2.42. The molecular weight excluding hydrogens is 250 g/mol. The topological polar surface area (TPSA) is 33.1 Å². The molecule has 0 bridgehead atoms. The maximum Gasteiger partial charge on any atom is 0.254 e. The molecule has 0 saturated carbocycles. The fraction of sp³-hybridized carbons (Fsp3) is 0.0833. The predicted octanol–water partition coefficient (Wildman–Crippen LogP) is 2.72. The van der Waals surface area contributed by atoms with Gasteiger partial charge in [-0.2, -0.15) is 18.2 Å². The average Bonchev–Trinajstić information content (AvgIpc) is 2.37. The van der Waals surface area contributed by atoms with Crippen LogP contribution >= 0.6 is 0 Å². The van der Waals surface area contributed by atoms with Crippen molar-refractivity contribution in [3.05, 3.63) is 65.0 Å². The molecule has 1 atom stereocenters. The minimum Gasteiger partial charge on any atom is -0.383 e. The Morgan fingerprint density at radius 3 is 2.11 bits per heavy atom. The first-order valence-electron chi connectivity index (χ1n) is 4.95. The van der Waals surface area contributed by atoms with Crippen LogP contribution in [0.5, 0.6) is 0 Å². The van der Waals surface area contributed by atoms with E-state index in [0.717, 1.165) is 0 Å². The Balaban J connectivity index is 2.55. The van der Waals surface area contributed by atoms with E-state index in [1.54, 1.807) is 6.07 Å². The number of aliphatic hydroxyl groups is 1. The van der Waals surface area contributed by atoms with Crippen molar-refractivity contribution in [2.75, 3.05) is 0 Å². The number of hydrogen-bond donors (Lipinski definition) is 1. The highest BCUT2D eigenvalue weighted by Crippen LogP contribution is 2.27. The molecule has 94 valence electrons. The lowest BCUT2D eigenvalue weighted by atomic mass is 10.0. The van der Waals surface area contributed by atoms with Gasteiger partial charge in [0.05, 0.1) is 5.56 Å². The largest absolute Gasteiger partial charge is 0.383 e. The van der Waals surface area contributed by atoms with Gasteiger partial charge < -0.3 is 5.11 Å². The van der Waals surface area contributed by atoms with Gasteiger partial charge >= 0.3 is 0 Å². The van der Waals surface area contributed by atoms with Gasteiger partial charge in [0.25, 0.3) is 5.95 Å². The van der Waals surface area contributed by atoms with Crippen molar-refractivity contribution in [2.45, 2.75) is 6.10 Å². The number of nitrogens with zero attached hydrogens (tertiary/aromatic N) is 1. The van der Waals surface area contributed by atoms with E-state index < -0.39 is 35.2 Å². The highest BCUT2D eigenvalue weighted by Gasteiger charge is 2.26. The van der Waals surface area contributed by atoms with Gasteiger partial charge in [0.1, 0.15) is 6.10 Å². The molecule has 18 heavy (non-hydrogen) atoms. The molecule has 0 aliphatic heterocycles. The van der Waals surface area contributed by atoms with Crippen molar-refractivity contribution >= 4 is 0 Å². The number of hydrogen-bond acceptors (Lipinski definition) is 2. The molecule has 2 aromatic rings. The molecule has 1 aromatic carbocycles. The van der Waals surface area contributed by atoms with Crippen molar-refractivity contribution in [2.24, 2.45) is 0 Å². The second kappa shape index (κ2) is 4.73. The number of halogens is 4. The minimum atomic E-state index is -1.92. The quantitative estimate of drug-likeness (QED) is 0.662. The molecule has 0 aliphatic carbocycles. The zero-order chi connectivity index (χ0) is 13.3. The minimum absolute atomic E-state index is 0.142. The summed E-state index contributed by atoms with van der Waals surface area (Å²) < 4.78 is 52.3. The van der Waals surface area contributed by atoms with E-state index in [9.17, 15) is 22.7 Å². The lowest BCUT2D eigenvalue weighted by molar-refractivity contribution is 0.203. The fourth-order valence-corrected chi connectivity index (χ4v) is 1.53. The zero-order valence-electron chi connectivity index (χ0n) is 8.87. The second-order valence-electron chi connectivity index (χ2n) is 3.55. The van der Waals surface area contributed by atoms with Crippen LogP contribution in [0.2, 0.25) is 0 Å². The molecule has 6 heteroatoms. The van der Waals surface area contributed by atoms with Crippen LogP contribution in [-0.4, -0.2) is 10.1 Å². The van der Waals surface area contributed by atoms with Crippen LogP contribution in [0.25, 0.3) is 0 Å². The third kappa shape index (κ3) is 2.06. The molecule has 2 nitrogen and oxygen atoms in total. The molecule has 1 aromatic heterocycles. The van der Waals surface area contributed by atoms with Crippen LogP contribution in [0, 0.1) is 23.5 Å². The SMILES string of the molecule is OC(c1ccccc1)c1c(F)nc(F)c(F)c1F. The molecule has 0 spiro atoms. The predicted molar refractivity (Wildman–Crippen MR) is 54.6 cm³/mol. The molecule has 1 heterocycles. The van der Waals surface area contributed by atoms with Crippen LogP contribution in [0.15, 0.2) is 30.3 Å². The van der Waals surface area contributed by atoms with E-state index in [4.69, 9.17) is 0 Å². The second-order valence-corrected chi connectivity index (χ2v) is 3.55. The van der Waals surface area contributed by atoms with E-state index in [1.165, 1.54) is 24.3 Å². The van der Waals surface area contributed by atoms with Gasteiger partial charge in [-0.05, 0) is 5.56 Å². The van der Waals surface area contributed by atoms with Gasteiger partial charge in [-0.1, -0.05) is 30.3 Å². The zero-order valence-corrected chi connectivity index (χ0v) is 8.87. The number of aromatic nitrogens is 1. The van der Waals surface area contributed by atoms with Crippen molar-refractivity contribution in [1.29, 1.82) is 0 Å². The lowest BCUT2D eigenvalue weighted by Crippen LogP contribution is -2.11. The number of pyridine rings is 1. The third-order valence-corrected chi connectivity index (χ3v) is 2.42. The van der Waals surface area contributed by atoms with Crippen molar-refractivity contribution in [1.82, 2.24) is 4.98 Å². The number of rotatable bonds is 2. The number of aliphatic hydroxyl groups excluding tert-OH is 1. The van der Waals surface area contributed by atoms with Gasteiger partial charge in [-0.3, -0.25) is 0 Å². The van der Waals surface area contributed by atoms with E-state index in [2.05, 4.69) is 4.98 Å². The summed E-state index contributed by atoms with van der Waals surface area (Å²) in [5, 5.41) is 9.76. The molecule has 0 saturated heterocycles. The average molecular weight is 257 g/mol. The molecule has 2 rings (SSSR count). The van der Waals surface area contributed by atoms with Crippen LogP contribution < -0.4 is 0 Å². The Morgan fingerprint density at radius 1 is 0.889 bits per heavy atom. The maximum atomic E-state index is 13.4. The van der Waals surface area contributed by atoms with E-state index in [1.807, 2.05) is 0 Å². The summed E-state index contributed by atoms with van der Waals surface area (Å²) in [5.41, 5.74) is -0.872. The summed E-state index contributed by atoms with van der Waals surface area (Å²) in [6.45, 7) is 0. The highest BCUT2D eigenvalue weighted by molar-refractivity contribution is 5.30. The summed E-state index contributed by atoms with van der Waals surface area (Å²) in [7, 11) is 0. The summed E-state index contributed by atoms with van der Waals surface area (Å²) in [6, 6.07) is 7.48. The summed E-state index contributed by atoms with van der Waals surface area (Å²) in [6.07, 6.45) is -1.76. The van der Waals surface area contributed by atoms with Crippen LogP contribution in [0.3, 0.4) is 0 Å². The molecule has 0 aliphatic rings. The smallest absolute Gasteiger partial charge is 0.254 e. The molecule has 1 N–H and O–H groups in total. The Morgan fingerprint density at radius 2 is 1.50 bits per heavy atom. The molecular formula is C12H7F4NO. The Hall–Kier alpha value is -1.95. The van der Waals surface area contributed by atoms with Gasteiger partial charge in [0, 0.05) is 0 Å². The normalized spacial score (nSPS) is 12.5. The summed E-state index contributed by atoms with van der Waals surface area (Å²) >= 11 is 0. The standard InChI is InChI=1S/C12H7F4NO/c13-8-7(11(15)17-12(16)9(8)14)10(18)6-4-2-1-3-5-6/h1-5,10,18H. The maximum absolute atomic E-state index is 13.4. The van der Waals surface area contributed by atoms with Crippen LogP contribution in [0.4, 0.5) is 17.6 Å². The van der Waals surface area contributed by atoms with Gasteiger partial charge in [-0.25, -0.2) is 4.39 Å². The highest BCUT2D eigenvalue weighted by atomic mass is 19.2. The van der Waals surface area contributed by atoms with Crippen molar-refractivity contribution < 1.29 is 22.7 Å². The molecule has 0 radical (unpaired) electrons. The summed E-state index contributed by atoms with van der Waals surface area (Å²) in [5.74, 6) is -7.16. The molecule has 1 unspecified atom stereocenters. The molecule has 0 amide bonds. The van der Waals surface area contributed by atoms with Gasteiger partial charge in [0.2, 0.25) is 11.8 Å². The monoisotopic (exact) mass is 257 g/mol. The first-order valence-corrected chi connectivity index (χ1v) is 4.95. The van der Waals surface area contributed by atoms with Crippen LogP contribution in [0.1, 0.15) is 17.2 Å². The lowest BCUT2D eigenvalue weighted by Gasteiger charge is -2.13. The van der Waals surface area contributed by atoms with E-state index in [-0.39, 0.29) is 5.56 Å². The first kappa shape index (κ1) is 12.5. The van der Waals surface area contributed by atoms with E-state index >= 15 is 0 Å². The first-order chi connectivity index (χ1) is 8.52. The Kier molecular flexibility index (Phi) is 3.29. The van der Waals surface area contributed by atoms with Gasteiger partial charge in [0.15, 0.2) is 5.82 Å². The Bertz CT molecular complexity index is 574. The van der Waals surface area contributed by atoms with Crippen molar-refractivity contribution in [3.63, 3.8) is 0 Å². The van der Waals surface area contributed by atoms with Crippen molar-refractivity contribution in [3.8, 4) is 0 Å². The molecule has 0 fully saturated rings. The fourth-order valence-electron chi connectivity index (χ4n) is 1.53. The number of benzene rings is 1.